The fourth-order valence-electron chi connectivity index (χ4n) is 2.91. The highest BCUT2D eigenvalue weighted by Gasteiger charge is 2.37. The zero-order valence-corrected chi connectivity index (χ0v) is 10.8. The Kier molecular flexibility index (Phi) is 5.70. The van der Waals surface area contributed by atoms with Crippen molar-refractivity contribution in [3.8, 4) is 0 Å². The fourth-order valence-corrected chi connectivity index (χ4v) is 2.91. The molecule has 0 bridgehead atoms. The summed E-state index contributed by atoms with van der Waals surface area (Å²) < 4.78 is 12.6. The molecule has 1 aliphatic rings. The first-order valence-corrected chi connectivity index (χ1v) is 6.69. The minimum absolute atomic E-state index is 0.0919. The van der Waals surface area contributed by atoms with Gasteiger partial charge in [0.1, 0.15) is 6.67 Å². The lowest BCUT2D eigenvalue weighted by molar-refractivity contribution is 0.0398. The van der Waals surface area contributed by atoms with Crippen molar-refractivity contribution in [2.75, 3.05) is 26.3 Å². The molecule has 1 rings (SSSR count). The van der Waals surface area contributed by atoms with Crippen molar-refractivity contribution in [2.45, 2.75) is 51.5 Å². The molecule has 0 aromatic carbocycles. The Hall–Kier alpha value is -0.150. The van der Waals surface area contributed by atoms with E-state index in [-0.39, 0.29) is 12.2 Å². The van der Waals surface area contributed by atoms with Crippen LogP contribution in [0.1, 0.15) is 46.0 Å². The molecule has 0 amide bonds. The van der Waals surface area contributed by atoms with E-state index in [4.69, 9.17) is 5.73 Å². The normalized spacial score (nSPS) is 30.9. The van der Waals surface area contributed by atoms with Crippen LogP contribution in [0.4, 0.5) is 4.39 Å². The monoisotopic (exact) mass is 230 g/mol. The molecule has 16 heavy (non-hydrogen) atoms. The predicted octanol–water partition coefficient (Wildman–Crippen LogP) is 2.58. The van der Waals surface area contributed by atoms with Gasteiger partial charge in [0.05, 0.1) is 0 Å². The SMILES string of the molecule is CCCN(CCF)C1(CN)CCC(C)CC1. The Morgan fingerprint density at radius 1 is 1.31 bits per heavy atom. The van der Waals surface area contributed by atoms with Crippen molar-refractivity contribution in [2.24, 2.45) is 11.7 Å². The lowest BCUT2D eigenvalue weighted by Crippen LogP contribution is -2.56. The second-order valence-electron chi connectivity index (χ2n) is 5.29. The lowest BCUT2D eigenvalue weighted by atomic mass is 9.76. The third-order valence-electron chi connectivity index (χ3n) is 4.10. The molecule has 96 valence electrons. The molecule has 1 saturated carbocycles. The Morgan fingerprint density at radius 2 is 1.94 bits per heavy atom. The fraction of sp³-hybridized carbons (Fsp3) is 1.00. The summed E-state index contributed by atoms with van der Waals surface area (Å²) in [4.78, 5) is 2.30. The van der Waals surface area contributed by atoms with E-state index in [9.17, 15) is 4.39 Å². The van der Waals surface area contributed by atoms with Gasteiger partial charge in [-0.3, -0.25) is 4.90 Å². The quantitative estimate of drug-likeness (QED) is 0.760. The van der Waals surface area contributed by atoms with Gasteiger partial charge < -0.3 is 5.73 Å². The van der Waals surface area contributed by atoms with Gasteiger partial charge in [-0.25, -0.2) is 4.39 Å². The maximum atomic E-state index is 12.6. The average Bonchev–Trinajstić information content (AvgIpc) is 2.31. The number of nitrogens with two attached hydrogens (primary N) is 1. The summed E-state index contributed by atoms with van der Waals surface area (Å²) in [5.41, 5.74) is 6.07. The van der Waals surface area contributed by atoms with Crippen LogP contribution in [0.25, 0.3) is 0 Å². The van der Waals surface area contributed by atoms with Crippen LogP contribution in [0.3, 0.4) is 0 Å². The molecule has 0 aromatic heterocycles. The van der Waals surface area contributed by atoms with Crippen LogP contribution in [0, 0.1) is 5.92 Å². The average molecular weight is 230 g/mol. The standard InChI is InChI=1S/C13H27FN2/c1-3-9-16(10-8-14)13(11-15)6-4-12(2)5-7-13/h12H,3-11,15H2,1-2H3. The molecular weight excluding hydrogens is 203 g/mol. The molecule has 0 aromatic rings. The molecule has 0 atom stereocenters. The molecule has 0 saturated heterocycles. The second-order valence-corrected chi connectivity index (χ2v) is 5.29. The van der Waals surface area contributed by atoms with E-state index < -0.39 is 0 Å². The van der Waals surface area contributed by atoms with Gasteiger partial charge >= 0.3 is 0 Å². The van der Waals surface area contributed by atoms with Crippen LogP contribution >= 0.6 is 0 Å². The molecule has 2 nitrogen and oxygen atoms in total. The lowest BCUT2D eigenvalue weighted by Gasteiger charge is -2.47. The van der Waals surface area contributed by atoms with Gasteiger partial charge in [0.2, 0.25) is 0 Å². The number of hydrogen-bond donors (Lipinski definition) is 1. The molecule has 0 radical (unpaired) electrons. The van der Waals surface area contributed by atoms with Gasteiger partial charge in [-0.15, -0.1) is 0 Å². The zero-order chi connectivity index (χ0) is 12.0. The Bertz CT molecular complexity index is 182. The third kappa shape index (κ3) is 3.17. The molecule has 2 N–H and O–H groups in total. The minimum atomic E-state index is -0.253. The highest BCUT2D eigenvalue weighted by molar-refractivity contribution is 4.95. The highest BCUT2D eigenvalue weighted by Crippen LogP contribution is 2.35. The Morgan fingerprint density at radius 3 is 2.38 bits per heavy atom. The van der Waals surface area contributed by atoms with Crippen molar-refractivity contribution >= 4 is 0 Å². The van der Waals surface area contributed by atoms with Crippen LogP contribution in [0.5, 0.6) is 0 Å². The Labute approximate surface area is 99.4 Å². The largest absolute Gasteiger partial charge is 0.329 e. The van der Waals surface area contributed by atoms with Crippen LogP contribution in [-0.4, -0.2) is 36.7 Å². The maximum absolute atomic E-state index is 12.6. The molecule has 0 aliphatic heterocycles. The smallest absolute Gasteiger partial charge is 0.102 e. The van der Waals surface area contributed by atoms with E-state index in [2.05, 4.69) is 18.7 Å². The van der Waals surface area contributed by atoms with Gasteiger partial charge in [0.25, 0.3) is 0 Å². The molecule has 1 fully saturated rings. The molecule has 0 heterocycles. The van der Waals surface area contributed by atoms with E-state index in [1.807, 2.05) is 0 Å². The van der Waals surface area contributed by atoms with Crippen molar-refractivity contribution < 1.29 is 4.39 Å². The van der Waals surface area contributed by atoms with Gasteiger partial charge in [-0.05, 0) is 44.6 Å². The summed E-state index contributed by atoms with van der Waals surface area (Å²) in [5, 5.41) is 0. The van der Waals surface area contributed by atoms with Crippen LogP contribution in [0.2, 0.25) is 0 Å². The highest BCUT2D eigenvalue weighted by atomic mass is 19.1. The topological polar surface area (TPSA) is 29.3 Å². The number of rotatable bonds is 6. The molecule has 0 spiro atoms. The van der Waals surface area contributed by atoms with E-state index >= 15 is 0 Å². The maximum Gasteiger partial charge on any atom is 0.102 e. The number of alkyl halides is 1. The first-order valence-electron chi connectivity index (χ1n) is 6.69. The molecule has 3 heteroatoms. The summed E-state index contributed by atoms with van der Waals surface area (Å²) in [6.45, 7) is 6.42. The summed E-state index contributed by atoms with van der Waals surface area (Å²) in [7, 11) is 0. The predicted molar refractivity (Wildman–Crippen MR) is 67.3 cm³/mol. The number of hydrogen-bond acceptors (Lipinski definition) is 2. The van der Waals surface area contributed by atoms with Crippen LogP contribution in [-0.2, 0) is 0 Å². The van der Waals surface area contributed by atoms with E-state index in [1.165, 1.54) is 12.8 Å². The number of halogens is 1. The molecule has 0 unspecified atom stereocenters. The minimum Gasteiger partial charge on any atom is -0.329 e. The van der Waals surface area contributed by atoms with Crippen molar-refractivity contribution in [1.29, 1.82) is 0 Å². The summed E-state index contributed by atoms with van der Waals surface area (Å²) >= 11 is 0. The van der Waals surface area contributed by atoms with Gasteiger partial charge in [0.15, 0.2) is 0 Å². The summed E-state index contributed by atoms with van der Waals surface area (Å²) in [5.74, 6) is 0.813. The first kappa shape index (κ1) is 13.9. The van der Waals surface area contributed by atoms with E-state index in [1.54, 1.807) is 0 Å². The molecule has 1 aliphatic carbocycles. The Balaban J connectivity index is 2.67. The van der Waals surface area contributed by atoms with Crippen LogP contribution in [0.15, 0.2) is 0 Å². The second kappa shape index (κ2) is 6.55. The van der Waals surface area contributed by atoms with Gasteiger partial charge in [0, 0.05) is 18.6 Å². The van der Waals surface area contributed by atoms with E-state index in [0.717, 1.165) is 31.7 Å². The van der Waals surface area contributed by atoms with Crippen molar-refractivity contribution in [3.05, 3.63) is 0 Å². The van der Waals surface area contributed by atoms with Gasteiger partial charge in [-0.2, -0.15) is 0 Å². The van der Waals surface area contributed by atoms with Crippen molar-refractivity contribution in [3.63, 3.8) is 0 Å². The molecular formula is C13H27FN2. The van der Waals surface area contributed by atoms with Gasteiger partial charge in [-0.1, -0.05) is 13.8 Å². The van der Waals surface area contributed by atoms with E-state index in [0.29, 0.717) is 13.1 Å². The van der Waals surface area contributed by atoms with Crippen LogP contribution < -0.4 is 5.73 Å². The summed E-state index contributed by atoms with van der Waals surface area (Å²) in [6, 6.07) is 0. The summed E-state index contributed by atoms with van der Waals surface area (Å²) in [6.07, 6.45) is 5.85. The third-order valence-corrected chi connectivity index (χ3v) is 4.10. The first-order chi connectivity index (χ1) is 7.68. The number of nitrogens with zero attached hydrogens (tertiary/aromatic N) is 1. The van der Waals surface area contributed by atoms with Crippen molar-refractivity contribution in [1.82, 2.24) is 4.90 Å². The zero-order valence-electron chi connectivity index (χ0n) is 10.8.